The highest BCUT2D eigenvalue weighted by molar-refractivity contribution is 8.00. The van der Waals surface area contributed by atoms with E-state index < -0.39 is 34.8 Å². The van der Waals surface area contributed by atoms with E-state index in [4.69, 9.17) is 10.8 Å². The summed E-state index contributed by atoms with van der Waals surface area (Å²) < 4.78 is -0.749. The van der Waals surface area contributed by atoms with Crippen LogP contribution in [0.2, 0.25) is 0 Å². The summed E-state index contributed by atoms with van der Waals surface area (Å²) >= 11 is 1.39. The van der Waals surface area contributed by atoms with Crippen molar-refractivity contribution in [2.75, 3.05) is 12.3 Å². The fraction of sp³-hybridized carbons (Fsp3) is 0.192. The first-order valence-corrected chi connectivity index (χ1v) is 11.9. The molecule has 0 heterocycles. The molecular weight excluding hydrogens is 466 g/mol. The van der Waals surface area contributed by atoms with Gasteiger partial charge in [0.1, 0.15) is 12.1 Å². The highest BCUT2D eigenvalue weighted by Gasteiger charge is 2.38. The van der Waals surface area contributed by atoms with E-state index >= 15 is 0 Å². The van der Waals surface area contributed by atoms with Gasteiger partial charge in [0.05, 0.1) is 4.75 Å². The molecule has 2 atom stereocenters. The van der Waals surface area contributed by atoms with Gasteiger partial charge < -0.3 is 26.6 Å². The van der Waals surface area contributed by atoms with Gasteiger partial charge in [-0.05, 0) is 16.7 Å². The van der Waals surface area contributed by atoms with Gasteiger partial charge in [0.2, 0.25) is 0 Å². The summed E-state index contributed by atoms with van der Waals surface area (Å²) in [5, 5.41) is 23.4. The number of nitrogens with one attached hydrogen (secondary N) is 2. The summed E-state index contributed by atoms with van der Waals surface area (Å²) in [7, 11) is 0. The minimum Gasteiger partial charge on any atom is -0.480 e. The molecule has 0 saturated heterocycles. The number of rotatable bonds is 11. The average molecular weight is 494 g/mol. The van der Waals surface area contributed by atoms with Gasteiger partial charge in [-0.2, -0.15) is 0 Å². The van der Waals surface area contributed by atoms with Gasteiger partial charge in [0.25, 0.3) is 0 Å². The van der Waals surface area contributed by atoms with Crippen LogP contribution in [0, 0.1) is 0 Å². The van der Waals surface area contributed by atoms with Crippen molar-refractivity contribution in [3.8, 4) is 0 Å². The fourth-order valence-electron chi connectivity index (χ4n) is 3.65. The first-order valence-electron chi connectivity index (χ1n) is 10.9. The molecule has 3 rings (SSSR count). The van der Waals surface area contributed by atoms with Crippen molar-refractivity contribution in [3.05, 3.63) is 108 Å². The summed E-state index contributed by atoms with van der Waals surface area (Å²) in [6.45, 7) is -0.331. The van der Waals surface area contributed by atoms with Gasteiger partial charge in [-0.15, -0.1) is 11.8 Å². The summed E-state index contributed by atoms with van der Waals surface area (Å²) in [6, 6.07) is 26.0. The molecule has 3 aromatic rings. The molecule has 182 valence electrons. The molecule has 0 aromatic heterocycles. The standard InChI is InChI=1S/C26H27N3O5S/c27-21(23(30)31)16-28-25(34)29-22(24(32)33)17-35-26(18-10-4-1-5-11-18,19-12-6-2-7-13-19)20-14-8-3-9-15-20/h1-15,21-22H,16-17,27H2,(H,30,31)(H,32,33)(H2,28,29,34)/t21-,22-/m0/s1. The fourth-order valence-corrected chi connectivity index (χ4v) is 5.20. The molecule has 0 bridgehead atoms. The molecule has 0 aliphatic heterocycles. The number of aliphatic carboxylic acids is 2. The van der Waals surface area contributed by atoms with E-state index in [2.05, 4.69) is 10.6 Å². The van der Waals surface area contributed by atoms with E-state index in [1.54, 1.807) is 0 Å². The van der Waals surface area contributed by atoms with Crippen LogP contribution in [0.3, 0.4) is 0 Å². The monoisotopic (exact) mass is 493 g/mol. The summed E-state index contributed by atoms with van der Waals surface area (Å²) in [5.41, 5.74) is 8.29. The molecule has 0 saturated carbocycles. The molecule has 3 aromatic carbocycles. The second kappa shape index (κ2) is 12.0. The maximum absolute atomic E-state index is 12.3. The molecule has 6 N–H and O–H groups in total. The predicted octanol–water partition coefficient (Wildman–Crippen LogP) is 2.88. The minimum absolute atomic E-state index is 0.0341. The molecule has 0 aliphatic rings. The lowest BCUT2D eigenvalue weighted by molar-refractivity contribution is -0.139. The van der Waals surface area contributed by atoms with E-state index in [-0.39, 0.29) is 12.3 Å². The van der Waals surface area contributed by atoms with Crippen molar-refractivity contribution in [3.63, 3.8) is 0 Å². The molecule has 0 spiro atoms. The number of hydrogen-bond donors (Lipinski definition) is 5. The third-order valence-electron chi connectivity index (χ3n) is 5.41. The van der Waals surface area contributed by atoms with Crippen LogP contribution in [0.4, 0.5) is 4.79 Å². The lowest BCUT2D eigenvalue weighted by atomic mass is 9.84. The lowest BCUT2D eigenvalue weighted by Crippen LogP contribution is -2.51. The van der Waals surface area contributed by atoms with Gasteiger partial charge >= 0.3 is 18.0 Å². The number of carboxylic acid groups (broad SMARTS) is 2. The van der Waals surface area contributed by atoms with Crippen molar-refractivity contribution >= 4 is 29.7 Å². The second-order valence-corrected chi connectivity index (χ2v) is 9.01. The van der Waals surface area contributed by atoms with E-state index in [9.17, 15) is 19.5 Å². The Hall–Kier alpha value is -3.82. The molecule has 0 aliphatic carbocycles. The minimum atomic E-state index is -1.29. The Labute approximate surface area is 207 Å². The number of benzene rings is 3. The molecule has 0 unspecified atom stereocenters. The Kier molecular flexibility index (Phi) is 8.88. The first-order chi connectivity index (χ1) is 16.8. The second-order valence-electron chi connectivity index (χ2n) is 7.78. The predicted molar refractivity (Wildman–Crippen MR) is 135 cm³/mol. The highest BCUT2D eigenvalue weighted by Crippen LogP contribution is 2.48. The van der Waals surface area contributed by atoms with E-state index in [1.807, 2.05) is 91.0 Å². The Morgan fingerprint density at radius 1 is 0.771 bits per heavy atom. The number of carbonyl (C=O) groups is 3. The number of nitrogens with two attached hydrogens (primary N) is 1. The van der Waals surface area contributed by atoms with Crippen LogP contribution in [0.25, 0.3) is 0 Å². The quantitative estimate of drug-likeness (QED) is 0.259. The Morgan fingerprint density at radius 2 is 1.20 bits per heavy atom. The zero-order chi connectivity index (χ0) is 25.3. The zero-order valence-corrected chi connectivity index (χ0v) is 19.7. The maximum atomic E-state index is 12.3. The van der Waals surface area contributed by atoms with Crippen LogP contribution in [0.1, 0.15) is 16.7 Å². The molecule has 35 heavy (non-hydrogen) atoms. The van der Waals surface area contributed by atoms with Crippen LogP contribution in [-0.2, 0) is 14.3 Å². The normalized spacial score (nSPS) is 12.8. The van der Waals surface area contributed by atoms with Crippen molar-refractivity contribution in [2.24, 2.45) is 5.73 Å². The number of hydrogen-bond acceptors (Lipinski definition) is 5. The van der Waals surface area contributed by atoms with Crippen molar-refractivity contribution < 1.29 is 24.6 Å². The van der Waals surface area contributed by atoms with Crippen LogP contribution < -0.4 is 16.4 Å². The van der Waals surface area contributed by atoms with Gasteiger partial charge in [0.15, 0.2) is 0 Å². The molecule has 2 amide bonds. The van der Waals surface area contributed by atoms with E-state index in [0.717, 1.165) is 16.7 Å². The number of carboxylic acids is 2. The first kappa shape index (κ1) is 25.8. The Bertz CT molecular complexity index is 1030. The highest BCUT2D eigenvalue weighted by atomic mass is 32.2. The van der Waals surface area contributed by atoms with Gasteiger partial charge in [-0.3, -0.25) is 4.79 Å². The smallest absolute Gasteiger partial charge is 0.327 e. The largest absolute Gasteiger partial charge is 0.480 e. The Balaban J connectivity index is 1.93. The molecule has 8 nitrogen and oxygen atoms in total. The number of urea groups is 1. The molecule has 9 heteroatoms. The van der Waals surface area contributed by atoms with Crippen molar-refractivity contribution in [1.29, 1.82) is 0 Å². The van der Waals surface area contributed by atoms with E-state index in [0.29, 0.717) is 0 Å². The van der Waals surface area contributed by atoms with Crippen molar-refractivity contribution in [1.82, 2.24) is 10.6 Å². The molecular formula is C26H27N3O5S. The zero-order valence-electron chi connectivity index (χ0n) is 18.8. The molecule has 0 radical (unpaired) electrons. The number of thioether (sulfide) groups is 1. The SMILES string of the molecule is N[C@@H](CNC(=O)N[C@@H](CSC(c1ccccc1)(c1ccccc1)c1ccccc1)C(=O)O)C(=O)O. The van der Waals surface area contributed by atoms with Crippen LogP contribution in [0.15, 0.2) is 91.0 Å². The summed E-state index contributed by atoms with van der Waals surface area (Å²) in [5.74, 6) is -2.45. The topological polar surface area (TPSA) is 142 Å². The lowest BCUT2D eigenvalue weighted by Gasteiger charge is -2.36. The number of amides is 2. The summed E-state index contributed by atoms with van der Waals surface area (Å²) in [4.78, 5) is 35.2. The third kappa shape index (κ3) is 6.40. The van der Waals surface area contributed by atoms with Crippen LogP contribution >= 0.6 is 11.8 Å². The average Bonchev–Trinajstić information content (AvgIpc) is 2.88. The molecule has 0 fully saturated rings. The van der Waals surface area contributed by atoms with Gasteiger partial charge in [-0.1, -0.05) is 91.0 Å². The van der Waals surface area contributed by atoms with E-state index in [1.165, 1.54) is 11.8 Å². The number of carbonyl (C=O) groups excluding carboxylic acids is 1. The summed E-state index contributed by atoms with van der Waals surface area (Å²) in [6.07, 6.45) is 0. The van der Waals surface area contributed by atoms with Gasteiger partial charge in [-0.25, -0.2) is 9.59 Å². The van der Waals surface area contributed by atoms with Crippen LogP contribution in [-0.4, -0.2) is 52.6 Å². The van der Waals surface area contributed by atoms with Gasteiger partial charge in [0, 0.05) is 12.3 Å². The Morgan fingerprint density at radius 3 is 1.57 bits per heavy atom. The third-order valence-corrected chi connectivity index (χ3v) is 7.05. The maximum Gasteiger partial charge on any atom is 0.327 e. The van der Waals surface area contributed by atoms with Crippen LogP contribution in [0.5, 0.6) is 0 Å². The van der Waals surface area contributed by atoms with Crippen molar-refractivity contribution in [2.45, 2.75) is 16.8 Å².